The Morgan fingerprint density at radius 3 is 2.61 bits per heavy atom. The third-order valence-electron chi connectivity index (χ3n) is 2.99. The maximum Gasteiger partial charge on any atom is 0.172 e. The lowest BCUT2D eigenvalue weighted by molar-refractivity contribution is -0.117. The highest BCUT2D eigenvalue weighted by Crippen LogP contribution is 2.39. The molecule has 0 bridgehead atoms. The summed E-state index contributed by atoms with van der Waals surface area (Å²) in [7, 11) is 0. The van der Waals surface area contributed by atoms with E-state index in [1.807, 2.05) is 6.07 Å². The quantitative estimate of drug-likeness (QED) is 0.817. The van der Waals surface area contributed by atoms with E-state index in [1.54, 1.807) is 18.2 Å². The standard InChI is InChI=1S/C14H16BrNO2/c1-14(2)7-10(13(15)12(18)8-14)16-9-5-3-4-6-11(9)17/h3-6,16-17H,7-8H2,1-2H3. The molecule has 4 heteroatoms. The molecule has 1 aromatic carbocycles. The van der Waals surface area contributed by atoms with Crippen LogP contribution in [-0.4, -0.2) is 10.9 Å². The van der Waals surface area contributed by atoms with Gasteiger partial charge in [0.25, 0.3) is 0 Å². The summed E-state index contributed by atoms with van der Waals surface area (Å²) in [6.07, 6.45) is 1.31. The van der Waals surface area contributed by atoms with Crippen LogP contribution in [0.5, 0.6) is 5.75 Å². The number of para-hydroxylation sites is 2. The van der Waals surface area contributed by atoms with Gasteiger partial charge < -0.3 is 10.4 Å². The van der Waals surface area contributed by atoms with Crippen LogP contribution in [0.1, 0.15) is 26.7 Å². The molecule has 1 aliphatic rings. The first-order valence-corrected chi connectivity index (χ1v) is 6.65. The van der Waals surface area contributed by atoms with Crippen molar-refractivity contribution in [2.75, 3.05) is 5.32 Å². The number of Topliss-reactive ketones (excluding diaryl/α,β-unsaturated/α-hetero) is 1. The van der Waals surface area contributed by atoms with E-state index < -0.39 is 0 Å². The number of carbonyl (C=O) groups excluding carboxylic acids is 1. The maximum atomic E-state index is 11.9. The number of halogens is 1. The predicted octanol–water partition coefficient (Wildman–Crippen LogP) is 3.80. The van der Waals surface area contributed by atoms with Crippen LogP contribution < -0.4 is 5.32 Å². The molecule has 0 amide bonds. The summed E-state index contributed by atoms with van der Waals surface area (Å²) in [5, 5.41) is 12.9. The molecule has 0 aromatic heterocycles. The van der Waals surface area contributed by atoms with Crippen LogP contribution in [0.25, 0.3) is 0 Å². The van der Waals surface area contributed by atoms with Gasteiger partial charge >= 0.3 is 0 Å². The zero-order valence-electron chi connectivity index (χ0n) is 10.5. The van der Waals surface area contributed by atoms with Gasteiger partial charge in [-0.1, -0.05) is 26.0 Å². The van der Waals surface area contributed by atoms with Gasteiger partial charge in [0.2, 0.25) is 0 Å². The van der Waals surface area contributed by atoms with Crippen LogP contribution in [0.4, 0.5) is 5.69 Å². The average Bonchev–Trinajstić information content (AvgIpc) is 2.27. The Labute approximate surface area is 115 Å². The number of aromatic hydroxyl groups is 1. The molecular weight excluding hydrogens is 294 g/mol. The number of hydrogen-bond acceptors (Lipinski definition) is 3. The molecule has 1 aliphatic carbocycles. The fraction of sp³-hybridized carbons (Fsp3) is 0.357. The molecule has 3 nitrogen and oxygen atoms in total. The number of hydrogen-bond donors (Lipinski definition) is 2. The molecule has 0 heterocycles. The van der Waals surface area contributed by atoms with E-state index in [-0.39, 0.29) is 16.9 Å². The molecule has 0 spiro atoms. The van der Waals surface area contributed by atoms with Gasteiger partial charge in [-0.15, -0.1) is 0 Å². The fourth-order valence-electron chi connectivity index (χ4n) is 2.14. The summed E-state index contributed by atoms with van der Waals surface area (Å²) in [5.41, 5.74) is 1.40. The number of nitrogens with one attached hydrogen (secondary N) is 1. The van der Waals surface area contributed by atoms with Crippen molar-refractivity contribution in [2.45, 2.75) is 26.7 Å². The molecule has 1 aromatic rings. The Balaban J connectivity index is 2.30. The molecular formula is C14H16BrNO2. The van der Waals surface area contributed by atoms with Crippen LogP contribution in [0.15, 0.2) is 34.4 Å². The second-order valence-corrected chi connectivity index (χ2v) is 6.17. The zero-order valence-corrected chi connectivity index (χ0v) is 12.0. The van der Waals surface area contributed by atoms with Crippen molar-refractivity contribution < 1.29 is 9.90 Å². The third-order valence-corrected chi connectivity index (χ3v) is 3.91. The summed E-state index contributed by atoms with van der Waals surface area (Å²) in [5.74, 6) is 0.283. The Morgan fingerprint density at radius 2 is 1.94 bits per heavy atom. The first-order valence-electron chi connectivity index (χ1n) is 5.86. The largest absolute Gasteiger partial charge is 0.506 e. The van der Waals surface area contributed by atoms with Gasteiger partial charge in [0.15, 0.2) is 5.78 Å². The van der Waals surface area contributed by atoms with Crippen LogP contribution in [0, 0.1) is 5.41 Å². The summed E-state index contributed by atoms with van der Waals surface area (Å²) in [6, 6.07) is 7.01. The summed E-state index contributed by atoms with van der Waals surface area (Å²) >= 11 is 3.34. The van der Waals surface area contributed by atoms with Gasteiger partial charge in [0, 0.05) is 12.1 Å². The van der Waals surface area contributed by atoms with Crippen LogP contribution in [-0.2, 0) is 4.79 Å². The van der Waals surface area contributed by atoms with Crippen LogP contribution >= 0.6 is 15.9 Å². The van der Waals surface area contributed by atoms with E-state index >= 15 is 0 Å². The van der Waals surface area contributed by atoms with Crippen molar-refractivity contribution in [2.24, 2.45) is 5.41 Å². The molecule has 0 saturated heterocycles. The lowest BCUT2D eigenvalue weighted by Gasteiger charge is -2.31. The van der Waals surface area contributed by atoms with E-state index in [0.717, 1.165) is 12.1 Å². The number of ketones is 1. The predicted molar refractivity (Wildman–Crippen MR) is 75.7 cm³/mol. The molecule has 0 saturated carbocycles. The Bertz CT molecular complexity index is 520. The minimum atomic E-state index is -0.0545. The van der Waals surface area contributed by atoms with Gasteiger partial charge in [-0.05, 0) is 39.9 Å². The maximum absolute atomic E-state index is 11.9. The summed E-state index contributed by atoms with van der Waals surface area (Å²) in [4.78, 5) is 11.9. The lowest BCUT2D eigenvalue weighted by Crippen LogP contribution is -2.26. The van der Waals surface area contributed by atoms with Crippen LogP contribution in [0.2, 0.25) is 0 Å². The van der Waals surface area contributed by atoms with Crippen molar-refractivity contribution in [3.63, 3.8) is 0 Å². The third kappa shape index (κ3) is 2.75. The van der Waals surface area contributed by atoms with Gasteiger partial charge in [0.05, 0.1) is 10.2 Å². The number of anilines is 1. The van der Waals surface area contributed by atoms with E-state index in [0.29, 0.717) is 16.6 Å². The Kier molecular flexibility index (Phi) is 3.48. The molecule has 0 fully saturated rings. The van der Waals surface area contributed by atoms with E-state index in [4.69, 9.17) is 0 Å². The van der Waals surface area contributed by atoms with Gasteiger partial charge in [-0.2, -0.15) is 0 Å². The normalized spacial score (nSPS) is 18.9. The highest BCUT2D eigenvalue weighted by molar-refractivity contribution is 9.12. The molecule has 0 aliphatic heterocycles. The molecule has 96 valence electrons. The fourth-order valence-corrected chi connectivity index (χ4v) is 2.52. The Morgan fingerprint density at radius 1 is 1.28 bits per heavy atom. The second kappa shape index (κ2) is 4.76. The second-order valence-electron chi connectivity index (χ2n) is 5.38. The Hall–Kier alpha value is -1.29. The number of carbonyl (C=O) groups is 1. The van der Waals surface area contributed by atoms with E-state index in [2.05, 4.69) is 35.1 Å². The number of allylic oxidation sites excluding steroid dienone is 2. The SMILES string of the molecule is CC1(C)CC(=O)C(Br)=C(Nc2ccccc2O)C1. The summed E-state index contributed by atoms with van der Waals surface area (Å²) < 4.78 is 0.588. The number of phenolic OH excluding ortho intramolecular Hbond substituents is 1. The number of benzene rings is 1. The van der Waals surface area contributed by atoms with Crippen molar-refractivity contribution in [3.05, 3.63) is 34.4 Å². The monoisotopic (exact) mass is 309 g/mol. The van der Waals surface area contributed by atoms with E-state index in [9.17, 15) is 9.90 Å². The van der Waals surface area contributed by atoms with Crippen molar-refractivity contribution in [1.29, 1.82) is 0 Å². The molecule has 0 atom stereocenters. The molecule has 0 radical (unpaired) electrons. The minimum Gasteiger partial charge on any atom is -0.506 e. The van der Waals surface area contributed by atoms with Crippen molar-refractivity contribution in [3.8, 4) is 5.75 Å². The first-order chi connectivity index (χ1) is 8.39. The highest BCUT2D eigenvalue weighted by Gasteiger charge is 2.32. The summed E-state index contributed by atoms with van der Waals surface area (Å²) in [6.45, 7) is 4.13. The molecule has 18 heavy (non-hydrogen) atoms. The van der Waals surface area contributed by atoms with Crippen molar-refractivity contribution >= 4 is 27.4 Å². The van der Waals surface area contributed by atoms with Crippen LogP contribution in [0.3, 0.4) is 0 Å². The van der Waals surface area contributed by atoms with Crippen molar-refractivity contribution in [1.82, 2.24) is 0 Å². The number of rotatable bonds is 2. The lowest BCUT2D eigenvalue weighted by atomic mass is 9.79. The van der Waals surface area contributed by atoms with E-state index in [1.165, 1.54) is 0 Å². The highest BCUT2D eigenvalue weighted by atomic mass is 79.9. The van der Waals surface area contributed by atoms with Gasteiger partial charge in [-0.25, -0.2) is 0 Å². The topological polar surface area (TPSA) is 49.3 Å². The molecule has 0 unspecified atom stereocenters. The molecule has 2 N–H and O–H groups in total. The van der Waals surface area contributed by atoms with Gasteiger partial charge in [0.1, 0.15) is 5.75 Å². The zero-order chi connectivity index (χ0) is 13.3. The molecule has 2 rings (SSSR count). The minimum absolute atomic E-state index is 0.0545. The average molecular weight is 310 g/mol. The first kappa shape index (κ1) is 13.1. The number of phenols is 1. The smallest absolute Gasteiger partial charge is 0.172 e. The van der Waals surface area contributed by atoms with Gasteiger partial charge in [-0.3, -0.25) is 4.79 Å².